The third-order valence-electron chi connectivity index (χ3n) is 3.14. The Morgan fingerprint density at radius 2 is 2.14 bits per heavy atom. The van der Waals surface area contributed by atoms with Gasteiger partial charge < -0.3 is 14.6 Å². The van der Waals surface area contributed by atoms with Crippen molar-refractivity contribution in [3.63, 3.8) is 0 Å². The second-order valence-electron chi connectivity index (χ2n) is 4.57. The molecule has 0 atom stereocenters. The predicted octanol–water partition coefficient (Wildman–Crippen LogP) is 3.43. The molecule has 0 unspecified atom stereocenters. The number of nitrogens with one attached hydrogen (secondary N) is 1. The summed E-state index contributed by atoms with van der Waals surface area (Å²) in [6.07, 6.45) is 4.01. The van der Waals surface area contributed by atoms with E-state index in [1.807, 2.05) is 25.4 Å². The number of nitro groups is 1. The summed E-state index contributed by atoms with van der Waals surface area (Å²) < 4.78 is 7.36. The SMILES string of the molecule is CCOc1ccc(NCc2ccn(CC)c2)c([N+](=O)[O-])c1. The van der Waals surface area contributed by atoms with E-state index in [4.69, 9.17) is 4.74 Å². The molecule has 1 heterocycles. The van der Waals surface area contributed by atoms with Crippen LogP contribution in [0.1, 0.15) is 19.4 Å². The topological polar surface area (TPSA) is 69.3 Å². The highest BCUT2D eigenvalue weighted by molar-refractivity contribution is 5.64. The van der Waals surface area contributed by atoms with Gasteiger partial charge in [0.2, 0.25) is 0 Å². The molecule has 6 nitrogen and oxygen atoms in total. The monoisotopic (exact) mass is 289 g/mol. The maximum atomic E-state index is 11.1. The summed E-state index contributed by atoms with van der Waals surface area (Å²) in [7, 11) is 0. The first kappa shape index (κ1) is 14.9. The quantitative estimate of drug-likeness (QED) is 0.626. The maximum absolute atomic E-state index is 11.1. The fourth-order valence-electron chi connectivity index (χ4n) is 2.06. The molecule has 0 aliphatic carbocycles. The van der Waals surface area contributed by atoms with Crippen LogP contribution in [0.25, 0.3) is 0 Å². The largest absolute Gasteiger partial charge is 0.494 e. The Labute approximate surface area is 123 Å². The van der Waals surface area contributed by atoms with Crippen molar-refractivity contribution < 1.29 is 9.66 Å². The smallest absolute Gasteiger partial charge is 0.296 e. The van der Waals surface area contributed by atoms with Gasteiger partial charge in [0.05, 0.1) is 17.6 Å². The van der Waals surface area contributed by atoms with Gasteiger partial charge in [0, 0.05) is 25.5 Å². The molecule has 1 N–H and O–H groups in total. The highest BCUT2D eigenvalue weighted by Gasteiger charge is 2.15. The zero-order valence-corrected chi connectivity index (χ0v) is 12.2. The second-order valence-corrected chi connectivity index (χ2v) is 4.57. The molecule has 0 aliphatic heterocycles. The number of rotatable bonds is 7. The van der Waals surface area contributed by atoms with Crippen LogP contribution in [-0.2, 0) is 13.1 Å². The summed E-state index contributed by atoms with van der Waals surface area (Å²) in [5.41, 5.74) is 1.60. The molecule has 0 saturated heterocycles. The van der Waals surface area contributed by atoms with E-state index in [0.717, 1.165) is 12.1 Å². The lowest BCUT2D eigenvalue weighted by molar-refractivity contribution is -0.384. The zero-order chi connectivity index (χ0) is 15.2. The minimum Gasteiger partial charge on any atom is -0.494 e. The molecule has 6 heteroatoms. The molecule has 2 aromatic rings. The molecule has 0 saturated carbocycles. The lowest BCUT2D eigenvalue weighted by Gasteiger charge is -2.08. The number of hydrogen-bond donors (Lipinski definition) is 1. The molecule has 0 aliphatic rings. The molecule has 0 fully saturated rings. The van der Waals surface area contributed by atoms with Gasteiger partial charge in [0.15, 0.2) is 0 Å². The van der Waals surface area contributed by atoms with Crippen molar-refractivity contribution in [1.82, 2.24) is 4.57 Å². The Kier molecular flexibility index (Phi) is 4.81. The third-order valence-corrected chi connectivity index (χ3v) is 3.14. The van der Waals surface area contributed by atoms with E-state index in [0.29, 0.717) is 24.6 Å². The Hall–Kier alpha value is -2.50. The average molecular weight is 289 g/mol. The summed E-state index contributed by atoms with van der Waals surface area (Å²) in [5, 5.41) is 14.3. The molecule has 0 bridgehead atoms. The Morgan fingerprint density at radius 1 is 1.33 bits per heavy atom. The van der Waals surface area contributed by atoms with Crippen LogP contribution in [0.15, 0.2) is 36.7 Å². The first-order valence-electron chi connectivity index (χ1n) is 6.93. The van der Waals surface area contributed by atoms with Gasteiger partial charge in [-0.3, -0.25) is 10.1 Å². The van der Waals surface area contributed by atoms with E-state index < -0.39 is 4.92 Å². The summed E-state index contributed by atoms with van der Waals surface area (Å²) in [6, 6.07) is 6.86. The number of aryl methyl sites for hydroxylation is 1. The Morgan fingerprint density at radius 3 is 2.76 bits per heavy atom. The van der Waals surface area contributed by atoms with Gasteiger partial charge in [-0.25, -0.2) is 0 Å². The highest BCUT2D eigenvalue weighted by Crippen LogP contribution is 2.29. The van der Waals surface area contributed by atoms with E-state index in [-0.39, 0.29) is 5.69 Å². The van der Waals surface area contributed by atoms with E-state index in [9.17, 15) is 10.1 Å². The number of nitrogens with zero attached hydrogens (tertiary/aromatic N) is 2. The third kappa shape index (κ3) is 3.75. The van der Waals surface area contributed by atoms with Crippen LogP contribution in [0, 0.1) is 10.1 Å². The first-order valence-corrected chi connectivity index (χ1v) is 6.93. The van der Waals surface area contributed by atoms with Gasteiger partial charge >= 0.3 is 0 Å². The molecule has 112 valence electrons. The lowest BCUT2D eigenvalue weighted by Crippen LogP contribution is -2.03. The molecule has 0 radical (unpaired) electrons. The summed E-state index contributed by atoms with van der Waals surface area (Å²) in [6.45, 7) is 5.84. The van der Waals surface area contributed by atoms with Crippen LogP contribution in [0.3, 0.4) is 0 Å². The fourth-order valence-corrected chi connectivity index (χ4v) is 2.06. The zero-order valence-electron chi connectivity index (χ0n) is 12.2. The van der Waals surface area contributed by atoms with Gasteiger partial charge in [0.1, 0.15) is 11.4 Å². The van der Waals surface area contributed by atoms with E-state index >= 15 is 0 Å². The standard InChI is InChI=1S/C15H19N3O3/c1-3-17-8-7-12(11-17)10-16-14-6-5-13(21-4-2)9-15(14)18(19)20/h5-9,11,16H,3-4,10H2,1-2H3. The number of benzene rings is 1. The number of ether oxygens (including phenoxy) is 1. The van der Waals surface area contributed by atoms with Crippen molar-refractivity contribution in [3.05, 3.63) is 52.3 Å². The second kappa shape index (κ2) is 6.78. The Balaban J connectivity index is 2.13. The average Bonchev–Trinajstić information content (AvgIpc) is 2.94. The van der Waals surface area contributed by atoms with Crippen LogP contribution in [-0.4, -0.2) is 16.1 Å². The van der Waals surface area contributed by atoms with Gasteiger partial charge in [-0.05, 0) is 37.6 Å². The molecule has 2 rings (SSSR count). The number of anilines is 1. The number of hydrogen-bond acceptors (Lipinski definition) is 4. The summed E-state index contributed by atoms with van der Waals surface area (Å²) in [4.78, 5) is 10.7. The van der Waals surface area contributed by atoms with Crippen molar-refractivity contribution in [2.24, 2.45) is 0 Å². The van der Waals surface area contributed by atoms with Crippen molar-refractivity contribution >= 4 is 11.4 Å². The van der Waals surface area contributed by atoms with Gasteiger partial charge in [-0.15, -0.1) is 0 Å². The van der Waals surface area contributed by atoms with Crippen molar-refractivity contribution in [2.45, 2.75) is 26.9 Å². The van der Waals surface area contributed by atoms with Crippen LogP contribution in [0.2, 0.25) is 0 Å². The molecule has 1 aromatic carbocycles. The number of aromatic nitrogens is 1. The lowest BCUT2D eigenvalue weighted by atomic mass is 10.2. The normalized spacial score (nSPS) is 10.4. The molecule has 0 spiro atoms. The van der Waals surface area contributed by atoms with Crippen LogP contribution in [0.5, 0.6) is 5.75 Å². The highest BCUT2D eigenvalue weighted by atomic mass is 16.6. The maximum Gasteiger partial charge on any atom is 0.296 e. The van der Waals surface area contributed by atoms with E-state index in [1.165, 1.54) is 6.07 Å². The van der Waals surface area contributed by atoms with E-state index in [1.54, 1.807) is 12.1 Å². The summed E-state index contributed by atoms with van der Waals surface area (Å²) >= 11 is 0. The Bertz CT molecular complexity index is 622. The molecule has 21 heavy (non-hydrogen) atoms. The summed E-state index contributed by atoms with van der Waals surface area (Å²) in [5.74, 6) is 0.506. The molecule has 0 amide bonds. The molecular weight excluding hydrogens is 270 g/mol. The van der Waals surface area contributed by atoms with Gasteiger partial charge in [-0.1, -0.05) is 0 Å². The van der Waals surface area contributed by atoms with Crippen LogP contribution in [0.4, 0.5) is 11.4 Å². The van der Waals surface area contributed by atoms with Crippen LogP contribution < -0.4 is 10.1 Å². The minimum atomic E-state index is -0.401. The van der Waals surface area contributed by atoms with Crippen molar-refractivity contribution in [2.75, 3.05) is 11.9 Å². The van der Waals surface area contributed by atoms with Gasteiger partial charge in [0.25, 0.3) is 5.69 Å². The molecule has 1 aromatic heterocycles. The fraction of sp³-hybridized carbons (Fsp3) is 0.333. The van der Waals surface area contributed by atoms with Crippen molar-refractivity contribution in [3.8, 4) is 5.75 Å². The predicted molar refractivity (Wildman–Crippen MR) is 81.7 cm³/mol. The first-order chi connectivity index (χ1) is 10.1. The van der Waals surface area contributed by atoms with Crippen molar-refractivity contribution in [1.29, 1.82) is 0 Å². The molecular formula is C15H19N3O3. The minimum absolute atomic E-state index is 0.0240. The van der Waals surface area contributed by atoms with Crippen LogP contribution >= 0.6 is 0 Å². The van der Waals surface area contributed by atoms with Gasteiger partial charge in [-0.2, -0.15) is 0 Å². The van der Waals surface area contributed by atoms with E-state index in [2.05, 4.69) is 16.8 Å². The number of nitro benzene ring substituents is 1.